The largest absolute Gasteiger partial charge is 0.322 e. The molecule has 0 radical (unpaired) electrons. The average Bonchev–Trinajstić information content (AvgIpc) is 3.17. The highest BCUT2D eigenvalue weighted by atomic mass is 35.5. The van der Waals surface area contributed by atoms with Crippen molar-refractivity contribution in [3.05, 3.63) is 64.9 Å². The molecule has 3 rings (SSSR count). The lowest BCUT2D eigenvalue weighted by molar-refractivity contribution is -0.111. The van der Waals surface area contributed by atoms with Crippen molar-refractivity contribution in [2.75, 3.05) is 18.4 Å². The van der Waals surface area contributed by atoms with Gasteiger partial charge < -0.3 is 5.32 Å². The van der Waals surface area contributed by atoms with Crippen molar-refractivity contribution in [1.82, 2.24) is 4.31 Å². The Morgan fingerprint density at radius 1 is 1.15 bits per heavy atom. The number of rotatable bonds is 5. The Labute approximate surface area is 162 Å². The number of anilines is 1. The first-order valence-electron chi connectivity index (χ1n) is 8.41. The Kier molecular flexibility index (Phi) is 5.94. The number of nitrogens with one attached hydrogen (secondary N) is 1. The molecule has 1 heterocycles. The minimum Gasteiger partial charge on any atom is -0.322 e. The summed E-state index contributed by atoms with van der Waals surface area (Å²) >= 11 is 5.91. The van der Waals surface area contributed by atoms with Crippen molar-refractivity contribution in [1.29, 1.82) is 0 Å². The van der Waals surface area contributed by atoms with Crippen molar-refractivity contribution in [3.63, 3.8) is 0 Å². The van der Waals surface area contributed by atoms with Gasteiger partial charge in [0, 0.05) is 30.4 Å². The molecule has 1 saturated heterocycles. The lowest BCUT2D eigenvalue weighted by atomic mass is 10.2. The monoisotopic (exact) mass is 408 g/mol. The summed E-state index contributed by atoms with van der Waals surface area (Å²) in [5.41, 5.74) is 0.448. The summed E-state index contributed by atoms with van der Waals surface area (Å²) in [6, 6.07) is 10.3. The highest BCUT2D eigenvalue weighted by Gasteiger charge is 2.27. The lowest BCUT2D eigenvalue weighted by Gasteiger charge is -2.16. The van der Waals surface area contributed by atoms with E-state index in [1.54, 1.807) is 12.1 Å². The number of halogens is 2. The topological polar surface area (TPSA) is 66.5 Å². The first kappa shape index (κ1) is 19.5. The van der Waals surface area contributed by atoms with E-state index in [1.165, 1.54) is 40.7 Å². The first-order valence-corrected chi connectivity index (χ1v) is 10.2. The van der Waals surface area contributed by atoms with Crippen molar-refractivity contribution >= 4 is 39.3 Å². The van der Waals surface area contributed by atoms with Crippen LogP contribution in [0.4, 0.5) is 10.1 Å². The molecule has 1 aliphatic rings. The molecule has 1 aliphatic heterocycles. The quantitative estimate of drug-likeness (QED) is 0.762. The van der Waals surface area contributed by atoms with Gasteiger partial charge >= 0.3 is 0 Å². The van der Waals surface area contributed by atoms with Crippen LogP contribution in [0.5, 0.6) is 0 Å². The van der Waals surface area contributed by atoms with E-state index in [2.05, 4.69) is 5.32 Å². The fourth-order valence-electron chi connectivity index (χ4n) is 2.82. The zero-order valence-corrected chi connectivity index (χ0v) is 15.9. The normalized spacial score (nSPS) is 15.3. The summed E-state index contributed by atoms with van der Waals surface area (Å²) < 4.78 is 40.4. The second kappa shape index (κ2) is 8.21. The van der Waals surface area contributed by atoms with Crippen molar-refractivity contribution < 1.29 is 17.6 Å². The van der Waals surface area contributed by atoms with Crippen LogP contribution >= 0.6 is 11.6 Å². The predicted molar refractivity (Wildman–Crippen MR) is 104 cm³/mol. The summed E-state index contributed by atoms with van der Waals surface area (Å²) in [5.74, 6) is -1.06. The maximum absolute atomic E-state index is 13.7. The maximum Gasteiger partial charge on any atom is 0.248 e. The zero-order chi connectivity index (χ0) is 19.4. The molecule has 2 aromatic carbocycles. The SMILES string of the molecule is O=C(/C=C/c1c(F)cccc1Cl)Nc1cccc(S(=O)(=O)N2CCCC2)c1. The maximum atomic E-state index is 13.7. The molecular formula is C19H18ClFN2O3S. The van der Waals surface area contributed by atoms with Gasteiger partial charge in [-0.1, -0.05) is 23.7 Å². The van der Waals surface area contributed by atoms with Gasteiger partial charge in [0.15, 0.2) is 0 Å². The molecular weight excluding hydrogens is 391 g/mol. The van der Waals surface area contributed by atoms with E-state index >= 15 is 0 Å². The third kappa shape index (κ3) is 4.55. The molecule has 0 aromatic heterocycles. The van der Waals surface area contributed by atoms with E-state index in [0.29, 0.717) is 18.8 Å². The summed E-state index contributed by atoms with van der Waals surface area (Å²) in [4.78, 5) is 12.2. The number of sulfonamides is 1. The minimum absolute atomic E-state index is 0.111. The first-order chi connectivity index (χ1) is 12.9. The van der Waals surface area contributed by atoms with Gasteiger partial charge in [-0.15, -0.1) is 0 Å². The van der Waals surface area contributed by atoms with Crippen LogP contribution in [0.2, 0.25) is 5.02 Å². The second-order valence-corrected chi connectivity index (χ2v) is 8.44. The lowest BCUT2D eigenvalue weighted by Crippen LogP contribution is -2.27. The van der Waals surface area contributed by atoms with Gasteiger partial charge in [-0.2, -0.15) is 4.31 Å². The van der Waals surface area contributed by atoms with E-state index in [0.717, 1.165) is 18.9 Å². The number of amides is 1. The highest BCUT2D eigenvalue weighted by molar-refractivity contribution is 7.89. The molecule has 0 spiro atoms. The van der Waals surface area contributed by atoms with E-state index in [4.69, 9.17) is 11.6 Å². The van der Waals surface area contributed by atoms with E-state index in [1.807, 2.05) is 0 Å². The molecule has 0 aliphatic carbocycles. The van der Waals surface area contributed by atoms with Crippen molar-refractivity contribution in [2.45, 2.75) is 17.7 Å². The standard InChI is InChI=1S/C19H18ClFN2O3S/c20-17-7-4-8-18(21)16(17)9-10-19(24)22-14-5-3-6-15(13-14)27(25,26)23-11-1-2-12-23/h3-10,13H,1-2,11-12H2,(H,22,24)/b10-9+. The molecule has 0 unspecified atom stereocenters. The fraction of sp³-hybridized carbons (Fsp3) is 0.211. The number of carbonyl (C=O) groups excluding carboxylic acids is 1. The van der Waals surface area contributed by atoms with Gasteiger partial charge in [-0.3, -0.25) is 4.79 Å². The van der Waals surface area contributed by atoms with Gasteiger partial charge in [0.05, 0.1) is 9.92 Å². The molecule has 27 heavy (non-hydrogen) atoms. The van der Waals surface area contributed by atoms with Gasteiger partial charge in [0.2, 0.25) is 15.9 Å². The summed E-state index contributed by atoms with van der Waals surface area (Å²) in [7, 11) is -3.57. The summed E-state index contributed by atoms with van der Waals surface area (Å²) in [5, 5.41) is 2.77. The van der Waals surface area contributed by atoms with Crippen molar-refractivity contribution in [3.8, 4) is 0 Å². The molecule has 0 bridgehead atoms. The number of benzene rings is 2. The Morgan fingerprint density at radius 2 is 1.85 bits per heavy atom. The smallest absolute Gasteiger partial charge is 0.248 e. The Bertz CT molecular complexity index is 966. The van der Waals surface area contributed by atoms with Crippen LogP contribution in [0.25, 0.3) is 6.08 Å². The third-order valence-electron chi connectivity index (χ3n) is 4.21. The fourth-order valence-corrected chi connectivity index (χ4v) is 4.61. The number of hydrogen-bond acceptors (Lipinski definition) is 3. The highest BCUT2D eigenvalue weighted by Crippen LogP contribution is 2.23. The zero-order valence-electron chi connectivity index (χ0n) is 14.4. The molecule has 142 valence electrons. The molecule has 8 heteroatoms. The van der Waals surface area contributed by atoms with Gasteiger partial charge in [-0.25, -0.2) is 12.8 Å². The Balaban J connectivity index is 1.74. The van der Waals surface area contributed by atoms with E-state index < -0.39 is 21.7 Å². The van der Waals surface area contributed by atoms with Crippen LogP contribution in [-0.4, -0.2) is 31.7 Å². The van der Waals surface area contributed by atoms with Crippen LogP contribution in [0.1, 0.15) is 18.4 Å². The molecule has 1 N–H and O–H groups in total. The van der Waals surface area contributed by atoms with Crippen LogP contribution in [0.15, 0.2) is 53.4 Å². The number of carbonyl (C=O) groups is 1. The van der Waals surface area contributed by atoms with Gasteiger partial charge in [0.1, 0.15) is 5.82 Å². The summed E-state index contributed by atoms with van der Waals surface area (Å²) in [6.45, 7) is 1.01. The molecule has 1 fully saturated rings. The summed E-state index contributed by atoms with van der Waals surface area (Å²) in [6.07, 6.45) is 4.11. The minimum atomic E-state index is -3.57. The van der Waals surface area contributed by atoms with Crippen molar-refractivity contribution in [2.24, 2.45) is 0 Å². The van der Waals surface area contributed by atoms with E-state index in [9.17, 15) is 17.6 Å². The average molecular weight is 409 g/mol. The Hall–Kier alpha value is -2.22. The predicted octanol–water partition coefficient (Wildman–Crippen LogP) is 3.92. The molecule has 2 aromatic rings. The number of nitrogens with zero attached hydrogens (tertiary/aromatic N) is 1. The molecule has 0 atom stereocenters. The van der Waals surface area contributed by atoms with Crippen LogP contribution in [0, 0.1) is 5.82 Å². The molecule has 1 amide bonds. The van der Waals surface area contributed by atoms with Gasteiger partial charge in [-0.05, 0) is 49.2 Å². The van der Waals surface area contributed by atoms with Crippen LogP contribution in [0.3, 0.4) is 0 Å². The van der Waals surface area contributed by atoms with Crippen LogP contribution in [-0.2, 0) is 14.8 Å². The number of hydrogen-bond donors (Lipinski definition) is 1. The van der Waals surface area contributed by atoms with Crippen LogP contribution < -0.4 is 5.32 Å². The third-order valence-corrected chi connectivity index (χ3v) is 6.43. The molecule has 0 saturated carbocycles. The second-order valence-electron chi connectivity index (χ2n) is 6.10. The molecule has 5 nitrogen and oxygen atoms in total. The van der Waals surface area contributed by atoms with E-state index in [-0.39, 0.29) is 15.5 Å². The Morgan fingerprint density at radius 3 is 2.56 bits per heavy atom. The van der Waals surface area contributed by atoms with Gasteiger partial charge in [0.25, 0.3) is 0 Å².